The maximum Gasteiger partial charge on any atom is 0.0205 e. The van der Waals surface area contributed by atoms with E-state index in [-0.39, 0.29) is 0 Å². The van der Waals surface area contributed by atoms with Crippen molar-refractivity contribution in [2.24, 2.45) is 5.92 Å². The van der Waals surface area contributed by atoms with Gasteiger partial charge < -0.3 is 5.32 Å². The van der Waals surface area contributed by atoms with Crippen LogP contribution in [0.25, 0.3) is 11.1 Å². The summed E-state index contributed by atoms with van der Waals surface area (Å²) < 4.78 is 0. The van der Waals surface area contributed by atoms with Gasteiger partial charge in [0.1, 0.15) is 0 Å². The van der Waals surface area contributed by atoms with Crippen molar-refractivity contribution in [1.82, 2.24) is 5.32 Å². The van der Waals surface area contributed by atoms with Gasteiger partial charge in [0.25, 0.3) is 0 Å². The van der Waals surface area contributed by atoms with E-state index in [0.717, 1.165) is 19.5 Å². The Balaban J connectivity index is 2.14. The first-order valence-electron chi connectivity index (χ1n) is 7.58. The fourth-order valence-electron chi connectivity index (χ4n) is 2.43. The van der Waals surface area contributed by atoms with E-state index in [1.807, 2.05) is 0 Å². The SMILES string of the molecule is CCNCc1cccc(-c2ccc(CC(C)C)cc2)c1. The Labute approximate surface area is 123 Å². The minimum absolute atomic E-state index is 0.712. The maximum atomic E-state index is 3.37. The lowest BCUT2D eigenvalue weighted by Gasteiger charge is -2.08. The zero-order valence-electron chi connectivity index (χ0n) is 12.8. The molecule has 0 unspecified atom stereocenters. The molecular formula is C19H25N. The van der Waals surface area contributed by atoms with Gasteiger partial charge in [0.05, 0.1) is 0 Å². The number of benzene rings is 2. The van der Waals surface area contributed by atoms with Gasteiger partial charge in [-0.1, -0.05) is 63.2 Å². The first-order chi connectivity index (χ1) is 9.69. The summed E-state index contributed by atoms with van der Waals surface area (Å²) in [6.45, 7) is 8.61. The Hall–Kier alpha value is -1.60. The lowest BCUT2D eigenvalue weighted by Crippen LogP contribution is -2.11. The highest BCUT2D eigenvalue weighted by atomic mass is 14.8. The number of nitrogens with one attached hydrogen (secondary N) is 1. The van der Waals surface area contributed by atoms with Crippen LogP contribution in [0.5, 0.6) is 0 Å². The van der Waals surface area contributed by atoms with E-state index >= 15 is 0 Å². The first kappa shape index (κ1) is 14.8. The molecule has 1 nitrogen and oxygen atoms in total. The molecule has 0 heterocycles. The lowest BCUT2D eigenvalue weighted by atomic mass is 9.98. The Morgan fingerprint density at radius 1 is 0.900 bits per heavy atom. The van der Waals surface area contributed by atoms with E-state index in [0.29, 0.717) is 5.92 Å². The number of rotatable bonds is 6. The molecule has 106 valence electrons. The van der Waals surface area contributed by atoms with Crippen molar-refractivity contribution in [2.45, 2.75) is 33.7 Å². The quantitative estimate of drug-likeness (QED) is 0.802. The average Bonchev–Trinajstić information content (AvgIpc) is 2.45. The Morgan fingerprint density at radius 3 is 2.30 bits per heavy atom. The van der Waals surface area contributed by atoms with Crippen LogP contribution in [0, 0.1) is 5.92 Å². The third kappa shape index (κ3) is 4.21. The number of hydrogen-bond acceptors (Lipinski definition) is 1. The summed E-state index contributed by atoms with van der Waals surface area (Å²) in [4.78, 5) is 0. The molecule has 0 aliphatic carbocycles. The second kappa shape index (κ2) is 7.25. The summed E-state index contributed by atoms with van der Waals surface area (Å²) in [6, 6.07) is 17.8. The molecule has 1 heteroatoms. The summed E-state index contributed by atoms with van der Waals surface area (Å²) in [5.41, 5.74) is 5.37. The fraction of sp³-hybridized carbons (Fsp3) is 0.368. The van der Waals surface area contributed by atoms with Gasteiger partial charge in [0.2, 0.25) is 0 Å². The zero-order chi connectivity index (χ0) is 14.4. The fourth-order valence-corrected chi connectivity index (χ4v) is 2.43. The lowest BCUT2D eigenvalue weighted by molar-refractivity contribution is 0.647. The van der Waals surface area contributed by atoms with Gasteiger partial charge in [-0.15, -0.1) is 0 Å². The summed E-state index contributed by atoms with van der Waals surface area (Å²) in [7, 11) is 0. The second-order valence-corrected chi connectivity index (χ2v) is 5.78. The van der Waals surface area contributed by atoms with Crippen molar-refractivity contribution >= 4 is 0 Å². The highest BCUT2D eigenvalue weighted by Crippen LogP contribution is 2.22. The van der Waals surface area contributed by atoms with Gasteiger partial charge in [-0.25, -0.2) is 0 Å². The van der Waals surface area contributed by atoms with Gasteiger partial charge in [-0.2, -0.15) is 0 Å². The predicted molar refractivity (Wildman–Crippen MR) is 87.8 cm³/mol. The third-order valence-corrected chi connectivity index (χ3v) is 3.44. The van der Waals surface area contributed by atoms with Crippen molar-refractivity contribution in [3.05, 3.63) is 59.7 Å². The van der Waals surface area contributed by atoms with Crippen molar-refractivity contribution < 1.29 is 0 Å². The molecule has 0 aliphatic heterocycles. The van der Waals surface area contributed by atoms with Crippen molar-refractivity contribution in [2.75, 3.05) is 6.54 Å². The van der Waals surface area contributed by atoms with Gasteiger partial charge in [-0.3, -0.25) is 0 Å². The summed E-state index contributed by atoms with van der Waals surface area (Å²) in [5, 5.41) is 3.37. The average molecular weight is 267 g/mol. The van der Waals surface area contributed by atoms with Crippen LogP contribution >= 0.6 is 0 Å². The Morgan fingerprint density at radius 2 is 1.65 bits per heavy atom. The van der Waals surface area contributed by atoms with Crippen molar-refractivity contribution in [3.63, 3.8) is 0 Å². The van der Waals surface area contributed by atoms with Gasteiger partial charge in [-0.05, 0) is 47.2 Å². The minimum atomic E-state index is 0.712. The second-order valence-electron chi connectivity index (χ2n) is 5.78. The molecule has 0 aliphatic rings. The molecule has 2 aromatic carbocycles. The molecule has 20 heavy (non-hydrogen) atoms. The van der Waals surface area contributed by atoms with Crippen LogP contribution in [0.15, 0.2) is 48.5 Å². The van der Waals surface area contributed by atoms with Gasteiger partial charge in [0, 0.05) is 6.54 Å². The Kier molecular flexibility index (Phi) is 5.37. The summed E-state index contributed by atoms with van der Waals surface area (Å²) in [5.74, 6) is 0.712. The minimum Gasteiger partial charge on any atom is -0.313 e. The zero-order valence-corrected chi connectivity index (χ0v) is 12.8. The molecule has 0 radical (unpaired) electrons. The normalized spacial score (nSPS) is 11.0. The van der Waals surface area contributed by atoms with Crippen molar-refractivity contribution in [3.8, 4) is 11.1 Å². The molecule has 0 fully saturated rings. The largest absolute Gasteiger partial charge is 0.313 e. The van der Waals surface area contributed by atoms with E-state index in [1.165, 1.54) is 22.3 Å². The van der Waals surface area contributed by atoms with Crippen LogP contribution in [0.3, 0.4) is 0 Å². The highest BCUT2D eigenvalue weighted by molar-refractivity contribution is 5.64. The van der Waals surface area contributed by atoms with Gasteiger partial charge in [0.15, 0.2) is 0 Å². The summed E-state index contributed by atoms with van der Waals surface area (Å²) in [6.07, 6.45) is 1.15. The molecule has 0 saturated carbocycles. The summed E-state index contributed by atoms with van der Waals surface area (Å²) >= 11 is 0. The van der Waals surface area contributed by atoms with E-state index in [2.05, 4.69) is 74.6 Å². The van der Waals surface area contributed by atoms with Crippen molar-refractivity contribution in [1.29, 1.82) is 0 Å². The number of hydrogen-bond donors (Lipinski definition) is 1. The molecule has 2 rings (SSSR count). The smallest absolute Gasteiger partial charge is 0.0205 e. The van der Waals surface area contributed by atoms with Crippen LogP contribution in [-0.2, 0) is 13.0 Å². The highest BCUT2D eigenvalue weighted by Gasteiger charge is 2.01. The Bertz CT molecular complexity index is 526. The molecular weight excluding hydrogens is 242 g/mol. The molecule has 0 aromatic heterocycles. The molecule has 0 amide bonds. The maximum absolute atomic E-state index is 3.37. The van der Waals surface area contributed by atoms with Gasteiger partial charge >= 0.3 is 0 Å². The predicted octanol–water partition coefficient (Wildman–Crippen LogP) is 4.66. The van der Waals surface area contributed by atoms with Crippen LogP contribution in [0.4, 0.5) is 0 Å². The molecule has 0 saturated heterocycles. The van der Waals surface area contributed by atoms with E-state index in [4.69, 9.17) is 0 Å². The molecule has 1 N–H and O–H groups in total. The van der Waals surface area contributed by atoms with E-state index in [1.54, 1.807) is 0 Å². The molecule has 2 aromatic rings. The standard InChI is InChI=1S/C19H25N/c1-4-20-14-17-6-5-7-19(13-17)18-10-8-16(9-11-18)12-15(2)3/h5-11,13,15,20H,4,12,14H2,1-3H3. The monoisotopic (exact) mass is 267 g/mol. The molecule has 0 bridgehead atoms. The molecule has 0 atom stereocenters. The topological polar surface area (TPSA) is 12.0 Å². The van der Waals surface area contributed by atoms with Crippen LogP contribution in [-0.4, -0.2) is 6.54 Å². The van der Waals surface area contributed by atoms with Crippen LogP contribution in [0.1, 0.15) is 31.9 Å². The van der Waals surface area contributed by atoms with E-state index < -0.39 is 0 Å². The third-order valence-electron chi connectivity index (χ3n) is 3.44. The van der Waals surface area contributed by atoms with Crippen LogP contribution < -0.4 is 5.32 Å². The van der Waals surface area contributed by atoms with Crippen LogP contribution in [0.2, 0.25) is 0 Å². The first-order valence-corrected chi connectivity index (χ1v) is 7.58. The molecule has 0 spiro atoms. The van der Waals surface area contributed by atoms with E-state index in [9.17, 15) is 0 Å².